The fourth-order valence-electron chi connectivity index (χ4n) is 2.60. The Morgan fingerprint density at radius 3 is 2.13 bits per heavy atom. The van der Waals surface area contributed by atoms with Gasteiger partial charge in [-0.3, -0.25) is 0 Å². The van der Waals surface area contributed by atoms with Crippen LogP contribution in [0.4, 0.5) is 4.39 Å². The number of hydrogen-bond donors (Lipinski definition) is 1. The van der Waals surface area contributed by atoms with Gasteiger partial charge in [0.2, 0.25) is 10.0 Å². The van der Waals surface area contributed by atoms with Crippen molar-refractivity contribution < 1.29 is 12.8 Å². The van der Waals surface area contributed by atoms with Gasteiger partial charge in [0.15, 0.2) is 0 Å². The highest BCUT2D eigenvalue weighted by atomic mass is 32.2. The van der Waals surface area contributed by atoms with Crippen molar-refractivity contribution in [2.45, 2.75) is 45.6 Å². The Morgan fingerprint density at radius 2 is 1.52 bits per heavy atom. The van der Waals surface area contributed by atoms with Crippen LogP contribution in [-0.2, 0) is 10.0 Å². The number of sulfonamides is 1. The molecular formula is C18H22FNO2S. The molecule has 0 radical (unpaired) electrons. The molecule has 0 saturated carbocycles. The maximum atomic E-state index is 13.3. The molecule has 0 aliphatic carbocycles. The van der Waals surface area contributed by atoms with Crippen molar-refractivity contribution in [1.82, 2.24) is 4.72 Å². The van der Waals surface area contributed by atoms with Crippen molar-refractivity contribution in [1.29, 1.82) is 0 Å². The summed E-state index contributed by atoms with van der Waals surface area (Å²) < 4.78 is 41.0. The van der Waals surface area contributed by atoms with Crippen molar-refractivity contribution in [2.75, 3.05) is 0 Å². The second-order valence-corrected chi connectivity index (χ2v) is 7.76. The molecule has 2 aromatic rings. The standard InChI is InChI=1S/C18H22FNO2S/c1-11-8-13(3)17(10-12(11)2)15(5)20-23(21,22)16-6-7-18(19)14(4)9-16/h6-10,15,20H,1-5H3. The van der Waals surface area contributed by atoms with E-state index in [1.165, 1.54) is 23.8 Å². The van der Waals surface area contributed by atoms with E-state index in [0.717, 1.165) is 16.7 Å². The highest BCUT2D eigenvalue weighted by Crippen LogP contribution is 2.24. The van der Waals surface area contributed by atoms with E-state index in [9.17, 15) is 12.8 Å². The Hall–Kier alpha value is -1.72. The molecule has 1 atom stereocenters. The van der Waals surface area contributed by atoms with Crippen LogP contribution in [0.1, 0.15) is 40.8 Å². The van der Waals surface area contributed by atoms with E-state index in [1.54, 1.807) is 6.92 Å². The second kappa shape index (κ2) is 6.42. The molecule has 1 N–H and O–H groups in total. The van der Waals surface area contributed by atoms with Gasteiger partial charge in [-0.2, -0.15) is 0 Å². The summed E-state index contributed by atoms with van der Waals surface area (Å²) in [4.78, 5) is 0.0738. The predicted octanol–water partition coefficient (Wildman–Crippen LogP) is 4.10. The average Bonchev–Trinajstić information content (AvgIpc) is 2.45. The summed E-state index contributed by atoms with van der Waals surface area (Å²) in [6, 6.07) is 7.49. The molecule has 0 aliphatic rings. The van der Waals surface area contributed by atoms with Crippen molar-refractivity contribution in [3.05, 3.63) is 64.0 Å². The molecule has 0 saturated heterocycles. The van der Waals surface area contributed by atoms with E-state index in [0.29, 0.717) is 5.56 Å². The average molecular weight is 335 g/mol. The van der Waals surface area contributed by atoms with E-state index in [2.05, 4.69) is 10.8 Å². The van der Waals surface area contributed by atoms with Gasteiger partial charge < -0.3 is 0 Å². The third-order valence-corrected chi connectivity index (χ3v) is 5.66. The van der Waals surface area contributed by atoms with E-state index < -0.39 is 15.8 Å². The monoisotopic (exact) mass is 335 g/mol. The number of hydrogen-bond acceptors (Lipinski definition) is 2. The van der Waals surface area contributed by atoms with Gasteiger partial charge in [0.05, 0.1) is 4.90 Å². The molecule has 0 aromatic heterocycles. The predicted molar refractivity (Wildman–Crippen MR) is 90.5 cm³/mol. The van der Waals surface area contributed by atoms with Crippen molar-refractivity contribution in [3.63, 3.8) is 0 Å². The minimum absolute atomic E-state index is 0.0738. The van der Waals surface area contributed by atoms with E-state index in [-0.39, 0.29) is 10.9 Å². The highest BCUT2D eigenvalue weighted by molar-refractivity contribution is 7.89. The quantitative estimate of drug-likeness (QED) is 0.914. The largest absolute Gasteiger partial charge is 0.241 e. The molecule has 0 heterocycles. The number of halogens is 1. The molecule has 0 amide bonds. The van der Waals surface area contributed by atoms with Gasteiger partial charge in [0.25, 0.3) is 0 Å². The molecular weight excluding hydrogens is 313 g/mol. The number of aryl methyl sites for hydroxylation is 4. The van der Waals surface area contributed by atoms with E-state index in [4.69, 9.17) is 0 Å². The van der Waals surface area contributed by atoms with Gasteiger partial charge in [0, 0.05) is 6.04 Å². The number of rotatable bonds is 4. The van der Waals surface area contributed by atoms with Gasteiger partial charge in [0.1, 0.15) is 5.82 Å². The van der Waals surface area contributed by atoms with Crippen molar-refractivity contribution in [2.24, 2.45) is 0 Å². The Bertz CT molecular complexity index is 844. The first-order chi connectivity index (χ1) is 10.6. The second-order valence-electron chi connectivity index (χ2n) is 6.05. The zero-order valence-corrected chi connectivity index (χ0v) is 14.9. The minimum Gasteiger partial charge on any atom is -0.207 e. The molecule has 124 valence electrons. The smallest absolute Gasteiger partial charge is 0.207 e. The molecule has 2 rings (SSSR count). The van der Waals surface area contributed by atoms with Gasteiger partial charge in [-0.15, -0.1) is 0 Å². The van der Waals surface area contributed by atoms with Crippen LogP contribution in [0.5, 0.6) is 0 Å². The Labute approximate surface area is 137 Å². The summed E-state index contributed by atoms with van der Waals surface area (Å²) in [6.07, 6.45) is 0. The molecule has 0 fully saturated rings. The summed E-state index contributed by atoms with van der Waals surface area (Å²) in [7, 11) is -3.70. The summed E-state index contributed by atoms with van der Waals surface area (Å²) in [5.41, 5.74) is 4.58. The fraction of sp³-hybridized carbons (Fsp3) is 0.333. The van der Waals surface area contributed by atoms with Gasteiger partial charge in [-0.05, 0) is 80.6 Å². The normalized spacial score (nSPS) is 13.1. The lowest BCUT2D eigenvalue weighted by Gasteiger charge is -2.18. The fourth-order valence-corrected chi connectivity index (χ4v) is 3.91. The third-order valence-electron chi connectivity index (χ3n) is 4.12. The number of benzene rings is 2. The third kappa shape index (κ3) is 3.79. The minimum atomic E-state index is -3.70. The Kier molecular flexibility index (Phi) is 4.92. The van der Waals surface area contributed by atoms with Crippen molar-refractivity contribution in [3.8, 4) is 0 Å². The summed E-state index contributed by atoms with van der Waals surface area (Å²) in [5, 5.41) is 0. The van der Waals surface area contributed by atoms with Gasteiger partial charge >= 0.3 is 0 Å². The van der Waals surface area contributed by atoms with Crippen LogP contribution < -0.4 is 4.72 Å². The Balaban J connectivity index is 2.33. The molecule has 0 aliphatic heterocycles. The topological polar surface area (TPSA) is 46.2 Å². The van der Waals surface area contributed by atoms with Crippen LogP contribution in [-0.4, -0.2) is 8.42 Å². The van der Waals surface area contributed by atoms with Crippen LogP contribution in [0.3, 0.4) is 0 Å². The van der Waals surface area contributed by atoms with Crippen LogP contribution >= 0.6 is 0 Å². The van der Waals surface area contributed by atoms with E-state index >= 15 is 0 Å². The summed E-state index contributed by atoms with van der Waals surface area (Å²) >= 11 is 0. The zero-order chi connectivity index (χ0) is 17.4. The molecule has 23 heavy (non-hydrogen) atoms. The van der Waals surface area contributed by atoms with Gasteiger partial charge in [-0.25, -0.2) is 17.5 Å². The molecule has 5 heteroatoms. The molecule has 0 spiro atoms. The SMILES string of the molecule is Cc1cc(C)c(C(C)NS(=O)(=O)c2ccc(F)c(C)c2)cc1C. The first-order valence-corrected chi connectivity index (χ1v) is 8.96. The molecule has 0 bridgehead atoms. The lowest BCUT2D eigenvalue weighted by Crippen LogP contribution is -2.27. The molecule has 2 aromatic carbocycles. The lowest BCUT2D eigenvalue weighted by molar-refractivity contribution is 0.565. The summed E-state index contributed by atoms with van der Waals surface area (Å²) in [6.45, 7) is 9.36. The van der Waals surface area contributed by atoms with E-state index in [1.807, 2.05) is 33.8 Å². The maximum absolute atomic E-state index is 13.3. The van der Waals surface area contributed by atoms with Crippen molar-refractivity contribution >= 4 is 10.0 Å². The van der Waals surface area contributed by atoms with Crippen LogP contribution in [0.25, 0.3) is 0 Å². The first-order valence-electron chi connectivity index (χ1n) is 7.48. The lowest BCUT2D eigenvalue weighted by atomic mass is 9.97. The van der Waals surface area contributed by atoms with Crippen LogP contribution in [0.2, 0.25) is 0 Å². The zero-order valence-electron chi connectivity index (χ0n) is 14.1. The van der Waals surface area contributed by atoms with Gasteiger partial charge in [-0.1, -0.05) is 12.1 Å². The van der Waals surface area contributed by atoms with Crippen LogP contribution in [0, 0.1) is 33.5 Å². The maximum Gasteiger partial charge on any atom is 0.241 e. The molecule has 3 nitrogen and oxygen atoms in total. The highest BCUT2D eigenvalue weighted by Gasteiger charge is 2.20. The van der Waals surface area contributed by atoms with Crippen LogP contribution in [0.15, 0.2) is 35.2 Å². The summed E-state index contributed by atoms with van der Waals surface area (Å²) in [5.74, 6) is -0.415. The number of nitrogens with one attached hydrogen (secondary N) is 1. The first kappa shape index (κ1) is 17.6. The molecule has 1 unspecified atom stereocenters. The Morgan fingerprint density at radius 1 is 0.913 bits per heavy atom.